The average Bonchev–Trinajstić information content (AvgIpc) is 2.73. The van der Waals surface area contributed by atoms with Gasteiger partial charge >= 0.3 is 0 Å². The van der Waals surface area contributed by atoms with Gasteiger partial charge in [-0.05, 0) is 67.1 Å². The normalized spacial score (nSPS) is 14.0. The van der Waals surface area contributed by atoms with Crippen molar-refractivity contribution in [2.75, 3.05) is 29.9 Å². The molecule has 0 aliphatic carbocycles. The van der Waals surface area contributed by atoms with Gasteiger partial charge in [0.25, 0.3) is 5.91 Å². The quantitative estimate of drug-likeness (QED) is 0.792. The van der Waals surface area contributed by atoms with E-state index in [9.17, 15) is 9.59 Å². The van der Waals surface area contributed by atoms with Gasteiger partial charge in [0.2, 0.25) is 5.91 Å². The summed E-state index contributed by atoms with van der Waals surface area (Å²) in [5.74, 6) is -0.0621. The molecule has 2 aromatic rings. The summed E-state index contributed by atoms with van der Waals surface area (Å²) in [4.78, 5) is 26.7. The number of benzene rings is 2. The third-order valence-corrected chi connectivity index (χ3v) is 5.12. The third kappa shape index (κ3) is 5.35. The Balaban J connectivity index is 1.47. The number of hydrogen-bond donors (Lipinski definition) is 2. The summed E-state index contributed by atoms with van der Waals surface area (Å²) in [6, 6.07) is 15.4. The van der Waals surface area contributed by atoms with E-state index in [0.717, 1.165) is 18.8 Å². The highest BCUT2D eigenvalue weighted by Crippen LogP contribution is 2.21. The van der Waals surface area contributed by atoms with Crippen LogP contribution in [0.1, 0.15) is 54.9 Å². The fourth-order valence-electron chi connectivity index (χ4n) is 3.39. The summed E-state index contributed by atoms with van der Waals surface area (Å²) in [5.41, 5.74) is 3.67. The summed E-state index contributed by atoms with van der Waals surface area (Å²) in [6.07, 6.45) is 3.77. The van der Waals surface area contributed by atoms with E-state index in [2.05, 4.69) is 29.4 Å². The van der Waals surface area contributed by atoms with Gasteiger partial charge in [-0.15, -0.1) is 0 Å². The Morgan fingerprint density at radius 2 is 1.57 bits per heavy atom. The molecule has 0 aromatic heterocycles. The fraction of sp³-hybridized carbons (Fsp3) is 0.391. The second kappa shape index (κ2) is 9.40. The highest BCUT2D eigenvalue weighted by Gasteiger charge is 2.12. The topological polar surface area (TPSA) is 61.4 Å². The molecule has 148 valence electrons. The molecule has 1 aliphatic heterocycles. The van der Waals surface area contributed by atoms with Crippen molar-refractivity contribution in [1.82, 2.24) is 5.32 Å². The number of hydrogen-bond acceptors (Lipinski definition) is 3. The van der Waals surface area contributed by atoms with Crippen molar-refractivity contribution in [1.29, 1.82) is 0 Å². The number of carbonyl (C=O) groups is 2. The van der Waals surface area contributed by atoms with Gasteiger partial charge in [0.15, 0.2) is 0 Å². The standard InChI is InChI=1S/C23H29N3O2/c1-17(2)18-6-8-19(9-7-18)23(28)24-16-22(27)25-20-10-12-21(13-11-20)26-14-4-3-5-15-26/h6-13,17H,3-5,14-16H2,1-2H3,(H,24,28)(H,25,27). The van der Waals surface area contributed by atoms with Gasteiger partial charge in [0, 0.05) is 30.0 Å². The van der Waals surface area contributed by atoms with Crippen molar-refractivity contribution in [2.24, 2.45) is 0 Å². The van der Waals surface area contributed by atoms with Crippen LogP contribution >= 0.6 is 0 Å². The maximum absolute atomic E-state index is 12.2. The molecule has 1 saturated heterocycles. The van der Waals surface area contributed by atoms with Crippen LogP contribution in [-0.4, -0.2) is 31.4 Å². The molecular formula is C23H29N3O2. The molecule has 1 fully saturated rings. The molecule has 0 bridgehead atoms. The Bertz CT molecular complexity index is 792. The van der Waals surface area contributed by atoms with Crippen LogP contribution in [0.2, 0.25) is 0 Å². The molecule has 2 N–H and O–H groups in total. The minimum Gasteiger partial charge on any atom is -0.372 e. The highest BCUT2D eigenvalue weighted by atomic mass is 16.2. The first-order valence-corrected chi connectivity index (χ1v) is 10.1. The van der Waals surface area contributed by atoms with Gasteiger partial charge in [-0.2, -0.15) is 0 Å². The Morgan fingerprint density at radius 1 is 0.929 bits per heavy atom. The van der Waals surface area contributed by atoms with Crippen LogP contribution in [0.3, 0.4) is 0 Å². The zero-order chi connectivity index (χ0) is 19.9. The number of nitrogens with zero attached hydrogens (tertiary/aromatic N) is 1. The van der Waals surface area contributed by atoms with E-state index in [1.54, 1.807) is 12.1 Å². The minimum atomic E-state index is -0.245. The predicted octanol–water partition coefficient (Wildman–Crippen LogP) is 4.17. The van der Waals surface area contributed by atoms with Crippen molar-refractivity contribution in [3.8, 4) is 0 Å². The van der Waals surface area contributed by atoms with Crippen LogP contribution in [0.5, 0.6) is 0 Å². The number of carbonyl (C=O) groups excluding carboxylic acids is 2. The molecule has 5 nitrogen and oxygen atoms in total. The van der Waals surface area contributed by atoms with Crippen molar-refractivity contribution < 1.29 is 9.59 Å². The molecule has 1 aliphatic rings. The van der Waals surface area contributed by atoms with E-state index in [0.29, 0.717) is 11.5 Å². The summed E-state index contributed by atoms with van der Waals surface area (Å²) in [7, 11) is 0. The Morgan fingerprint density at radius 3 is 2.18 bits per heavy atom. The van der Waals surface area contributed by atoms with Crippen LogP contribution in [-0.2, 0) is 4.79 Å². The maximum atomic E-state index is 12.2. The van der Waals surface area contributed by atoms with E-state index in [-0.39, 0.29) is 18.4 Å². The number of amides is 2. The van der Waals surface area contributed by atoms with Crippen LogP contribution < -0.4 is 15.5 Å². The zero-order valence-corrected chi connectivity index (χ0v) is 16.7. The molecule has 2 aromatic carbocycles. The summed E-state index contributed by atoms with van der Waals surface area (Å²) in [5, 5.41) is 5.50. The molecule has 0 atom stereocenters. The second-order valence-corrected chi connectivity index (χ2v) is 7.60. The van der Waals surface area contributed by atoms with Gasteiger partial charge in [-0.3, -0.25) is 9.59 Å². The van der Waals surface area contributed by atoms with Gasteiger partial charge in [0.1, 0.15) is 0 Å². The Kier molecular flexibility index (Phi) is 6.69. The highest BCUT2D eigenvalue weighted by molar-refractivity contribution is 5.99. The molecule has 2 amide bonds. The molecule has 0 spiro atoms. The first-order valence-electron chi connectivity index (χ1n) is 10.1. The first-order chi connectivity index (χ1) is 13.5. The van der Waals surface area contributed by atoms with Crippen LogP contribution in [0, 0.1) is 0 Å². The lowest BCUT2D eigenvalue weighted by Crippen LogP contribution is -2.32. The van der Waals surface area contributed by atoms with Gasteiger partial charge in [-0.1, -0.05) is 26.0 Å². The summed E-state index contributed by atoms with van der Waals surface area (Å²) in [6.45, 7) is 6.35. The lowest BCUT2D eigenvalue weighted by molar-refractivity contribution is -0.115. The van der Waals surface area contributed by atoms with Gasteiger partial charge < -0.3 is 15.5 Å². The molecule has 0 saturated carbocycles. The predicted molar refractivity (Wildman–Crippen MR) is 114 cm³/mol. The van der Waals surface area contributed by atoms with Crippen molar-refractivity contribution in [3.05, 3.63) is 59.7 Å². The lowest BCUT2D eigenvalue weighted by Gasteiger charge is -2.28. The summed E-state index contributed by atoms with van der Waals surface area (Å²) >= 11 is 0. The van der Waals surface area contributed by atoms with Crippen molar-refractivity contribution >= 4 is 23.2 Å². The van der Waals surface area contributed by atoms with E-state index in [1.165, 1.54) is 30.5 Å². The third-order valence-electron chi connectivity index (χ3n) is 5.12. The first kappa shape index (κ1) is 19.9. The molecule has 28 heavy (non-hydrogen) atoms. The largest absolute Gasteiger partial charge is 0.372 e. The molecule has 1 heterocycles. The Labute approximate surface area is 167 Å². The number of anilines is 2. The lowest BCUT2D eigenvalue weighted by atomic mass is 10.0. The van der Waals surface area contributed by atoms with Gasteiger partial charge in [0.05, 0.1) is 6.54 Å². The monoisotopic (exact) mass is 379 g/mol. The SMILES string of the molecule is CC(C)c1ccc(C(=O)NCC(=O)Nc2ccc(N3CCCCC3)cc2)cc1. The molecule has 5 heteroatoms. The molecule has 0 radical (unpaired) electrons. The van der Waals surface area contributed by atoms with E-state index >= 15 is 0 Å². The van der Waals surface area contributed by atoms with E-state index in [1.807, 2.05) is 36.4 Å². The number of rotatable bonds is 6. The average molecular weight is 380 g/mol. The van der Waals surface area contributed by atoms with Crippen LogP contribution in [0.15, 0.2) is 48.5 Å². The number of piperidine rings is 1. The van der Waals surface area contributed by atoms with Gasteiger partial charge in [-0.25, -0.2) is 0 Å². The minimum absolute atomic E-state index is 0.0569. The molecule has 0 unspecified atom stereocenters. The zero-order valence-electron chi connectivity index (χ0n) is 16.7. The summed E-state index contributed by atoms with van der Waals surface area (Å²) < 4.78 is 0. The second-order valence-electron chi connectivity index (χ2n) is 7.60. The smallest absolute Gasteiger partial charge is 0.251 e. The molecule has 3 rings (SSSR count). The fourth-order valence-corrected chi connectivity index (χ4v) is 3.39. The van der Waals surface area contributed by atoms with Crippen molar-refractivity contribution in [3.63, 3.8) is 0 Å². The van der Waals surface area contributed by atoms with E-state index in [4.69, 9.17) is 0 Å². The maximum Gasteiger partial charge on any atom is 0.251 e. The van der Waals surface area contributed by atoms with Crippen LogP contribution in [0.4, 0.5) is 11.4 Å². The van der Waals surface area contributed by atoms with Crippen molar-refractivity contribution in [2.45, 2.75) is 39.0 Å². The molecular weight excluding hydrogens is 350 g/mol. The van der Waals surface area contributed by atoms with E-state index < -0.39 is 0 Å². The Hall–Kier alpha value is -2.82. The number of nitrogens with one attached hydrogen (secondary N) is 2. The van der Waals surface area contributed by atoms with Crippen LogP contribution in [0.25, 0.3) is 0 Å².